The van der Waals surface area contributed by atoms with E-state index in [2.05, 4.69) is 108 Å². The van der Waals surface area contributed by atoms with Crippen LogP contribution in [0.25, 0.3) is 10.1 Å². The molecule has 0 nitrogen and oxygen atoms in total. The van der Waals surface area contributed by atoms with Crippen molar-refractivity contribution in [3.8, 4) is 0 Å². The molecule has 0 fully saturated rings. The zero-order chi connectivity index (χ0) is 16.1. The minimum atomic E-state index is 0.299. The number of hydrogen-bond donors (Lipinski definition) is 0. The second kappa shape index (κ2) is 7.43. The van der Waals surface area contributed by atoms with Crippen molar-refractivity contribution in [3.05, 3.63) is 108 Å². The summed E-state index contributed by atoms with van der Waals surface area (Å²) < 4.78 is 1.15. The Bertz CT molecular complexity index is 774. The van der Waals surface area contributed by atoms with Gasteiger partial charge in [-0.1, -0.05) is 97.9 Å². The summed E-state index contributed by atoms with van der Waals surface area (Å²) in [7, 11) is 0. The first kappa shape index (κ1) is 15.8. The normalized spacial score (nSPS) is 13.3. The molecule has 0 spiro atoms. The van der Waals surface area contributed by atoms with Crippen LogP contribution in [0.2, 0.25) is 0 Å². The number of hydrogen-bond acceptors (Lipinski definition) is 0. The van der Waals surface area contributed by atoms with Crippen molar-refractivity contribution in [1.29, 1.82) is 0 Å². The predicted molar refractivity (Wildman–Crippen MR) is 103 cm³/mol. The van der Waals surface area contributed by atoms with Crippen molar-refractivity contribution in [2.24, 2.45) is 0 Å². The van der Waals surface area contributed by atoms with Crippen molar-refractivity contribution in [3.63, 3.8) is 0 Å². The molecule has 0 saturated carbocycles. The van der Waals surface area contributed by atoms with Crippen LogP contribution >= 0.6 is 15.9 Å². The highest BCUT2D eigenvalue weighted by Gasteiger charge is 2.17. The summed E-state index contributed by atoms with van der Waals surface area (Å²) in [5.74, 6) is 0.299. The Balaban J connectivity index is 2.15. The van der Waals surface area contributed by atoms with Gasteiger partial charge in [-0.2, -0.15) is 0 Å². The molecule has 0 N–H and O–H groups in total. The molecule has 1 atom stereocenters. The van der Waals surface area contributed by atoms with E-state index in [1.165, 1.54) is 22.3 Å². The van der Waals surface area contributed by atoms with Crippen LogP contribution in [-0.2, 0) is 0 Å². The standard InChI is InChI=1S/C22H19Br/c1-17(18-11-5-2-6-12-18)21(19-13-7-3-8-14-19)22(23)20-15-9-4-10-16-20/h2-17H,1H3/b22-21-. The largest absolute Gasteiger partial charge is 0.0622 e. The Kier molecular flexibility index (Phi) is 5.09. The minimum absolute atomic E-state index is 0.299. The maximum atomic E-state index is 3.87. The quantitative estimate of drug-likeness (QED) is 0.450. The van der Waals surface area contributed by atoms with Crippen LogP contribution in [0, 0.1) is 0 Å². The van der Waals surface area contributed by atoms with E-state index < -0.39 is 0 Å². The lowest BCUT2D eigenvalue weighted by Gasteiger charge is -2.20. The van der Waals surface area contributed by atoms with Crippen molar-refractivity contribution in [1.82, 2.24) is 0 Å². The van der Waals surface area contributed by atoms with Gasteiger partial charge in [0, 0.05) is 10.4 Å². The van der Waals surface area contributed by atoms with E-state index in [-0.39, 0.29) is 0 Å². The summed E-state index contributed by atoms with van der Waals surface area (Å²) in [6, 6.07) is 31.8. The molecule has 0 aliphatic heterocycles. The summed E-state index contributed by atoms with van der Waals surface area (Å²) in [6.07, 6.45) is 0. The third kappa shape index (κ3) is 3.62. The van der Waals surface area contributed by atoms with Crippen molar-refractivity contribution in [2.75, 3.05) is 0 Å². The van der Waals surface area contributed by atoms with Gasteiger partial charge in [-0.3, -0.25) is 0 Å². The van der Waals surface area contributed by atoms with Crippen LogP contribution in [0.1, 0.15) is 29.5 Å². The van der Waals surface area contributed by atoms with Crippen LogP contribution < -0.4 is 0 Å². The van der Waals surface area contributed by atoms with E-state index in [9.17, 15) is 0 Å². The van der Waals surface area contributed by atoms with Crippen molar-refractivity contribution >= 4 is 26.0 Å². The van der Waals surface area contributed by atoms with Gasteiger partial charge in [0.2, 0.25) is 0 Å². The summed E-state index contributed by atoms with van der Waals surface area (Å²) in [5, 5.41) is 0. The fourth-order valence-corrected chi connectivity index (χ4v) is 3.67. The Morgan fingerprint density at radius 1 is 0.652 bits per heavy atom. The van der Waals surface area contributed by atoms with E-state index in [0.29, 0.717) is 5.92 Å². The van der Waals surface area contributed by atoms with Crippen molar-refractivity contribution < 1.29 is 0 Å². The van der Waals surface area contributed by atoms with Gasteiger partial charge < -0.3 is 0 Å². The lowest BCUT2D eigenvalue weighted by molar-refractivity contribution is 0.993. The van der Waals surface area contributed by atoms with Crippen LogP contribution in [0.5, 0.6) is 0 Å². The molecule has 3 aromatic rings. The molecule has 0 aliphatic carbocycles. The molecule has 0 heterocycles. The lowest BCUT2D eigenvalue weighted by Crippen LogP contribution is -1.99. The number of benzene rings is 3. The maximum absolute atomic E-state index is 3.87. The van der Waals surface area contributed by atoms with E-state index in [0.717, 1.165) is 4.48 Å². The third-order valence-corrected chi connectivity index (χ3v) is 4.97. The van der Waals surface area contributed by atoms with Crippen molar-refractivity contribution in [2.45, 2.75) is 12.8 Å². The summed E-state index contributed by atoms with van der Waals surface area (Å²) in [5.41, 5.74) is 5.08. The highest BCUT2D eigenvalue weighted by Crippen LogP contribution is 2.40. The average Bonchev–Trinajstić information content (AvgIpc) is 2.64. The molecule has 23 heavy (non-hydrogen) atoms. The fourth-order valence-electron chi connectivity index (χ4n) is 2.83. The molecule has 114 valence electrons. The molecule has 3 rings (SSSR count). The van der Waals surface area contributed by atoms with Gasteiger partial charge >= 0.3 is 0 Å². The minimum Gasteiger partial charge on any atom is -0.0622 e. The summed E-state index contributed by atoms with van der Waals surface area (Å²) in [4.78, 5) is 0. The van der Waals surface area contributed by atoms with Gasteiger partial charge in [0.25, 0.3) is 0 Å². The monoisotopic (exact) mass is 362 g/mol. The fraction of sp³-hybridized carbons (Fsp3) is 0.0909. The average molecular weight is 363 g/mol. The van der Waals surface area contributed by atoms with E-state index >= 15 is 0 Å². The molecular weight excluding hydrogens is 344 g/mol. The SMILES string of the molecule is CC(/C(=C(/Br)c1ccccc1)c1ccccc1)c1ccccc1. The van der Waals surface area contributed by atoms with E-state index in [1.807, 2.05) is 6.07 Å². The highest BCUT2D eigenvalue weighted by molar-refractivity contribution is 9.15. The Morgan fingerprint density at radius 3 is 1.61 bits per heavy atom. The second-order valence-corrected chi connectivity index (χ2v) is 6.39. The molecule has 0 bridgehead atoms. The molecule has 0 saturated heterocycles. The molecule has 3 aromatic carbocycles. The highest BCUT2D eigenvalue weighted by atomic mass is 79.9. The van der Waals surface area contributed by atoms with E-state index in [4.69, 9.17) is 0 Å². The maximum Gasteiger partial charge on any atom is 0.0291 e. The van der Waals surface area contributed by atoms with Gasteiger partial charge in [0.05, 0.1) is 0 Å². The van der Waals surface area contributed by atoms with Gasteiger partial charge in [-0.05, 0) is 38.2 Å². The summed E-state index contributed by atoms with van der Waals surface area (Å²) in [6.45, 7) is 2.27. The molecular formula is C22H19Br. The van der Waals surface area contributed by atoms with Gasteiger partial charge in [-0.25, -0.2) is 0 Å². The molecule has 1 heteroatoms. The van der Waals surface area contributed by atoms with Crippen LogP contribution in [-0.4, -0.2) is 0 Å². The first-order valence-corrected chi connectivity index (χ1v) is 8.62. The second-order valence-electron chi connectivity index (χ2n) is 5.59. The Labute approximate surface area is 146 Å². The van der Waals surface area contributed by atoms with Gasteiger partial charge in [0.15, 0.2) is 0 Å². The smallest absolute Gasteiger partial charge is 0.0291 e. The van der Waals surface area contributed by atoms with E-state index in [1.54, 1.807) is 0 Å². The molecule has 1 unspecified atom stereocenters. The zero-order valence-corrected chi connectivity index (χ0v) is 14.7. The zero-order valence-electron chi connectivity index (χ0n) is 13.1. The number of rotatable bonds is 4. The number of halogens is 1. The molecule has 0 aliphatic rings. The Hall–Kier alpha value is -2.12. The first-order valence-electron chi connectivity index (χ1n) is 7.83. The lowest BCUT2D eigenvalue weighted by atomic mass is 9.87. The topological polar surface area (TPSA) is 0 Å². The number of allylic oxidation sites excluding steroid dienone is 1. The molecule has 0 radical (unpaired) electrons. The Morgan fingerprint density at radius 2 is 1.09 bits per heavy atom. The van der Waals surface area contributed by atoms with Crippen LogP contribution in [0.3, 0.4) is 0 Å². The predicted octanol–water partition coefficient (Wildman–Crippen LogP) is 6.75. The van der Waals surface area contributed by atoms with Crippen LogP contribution in [0.4, 0.5) is 0 Å². The first-order chi connectivity index (χ1) is 11.3. The molecule has 0 amide bonds. The summed E-state index contributed by atoms with van der Waals surface area (Å²) >= 11 is 3.87. The molecule has 0 aromatic heterocycles. The van der Waals surface area contributed by atoms with Gasteiger partial charge in [0.1, 0.15) is 0 Å². The van der Waals surface area contributed by atoms with Gasteiger partial charge in [-0.15, -0.1) is 0 Å². The van der Waals surface area contributed by atoms with Crippen LogP contribution in [0.15, 0.2) is 91.0 Å². The third-order valence-electron chi connectivity index (χ3n) is 4.08.